The minimum absolute atomic E-state index is 0. The van der Waals surface area contributed by atoms with Crippen LogP contribution in [-0.4, -0.2) is 31.6 Å². The second-order valence-electron chi connectivity index (χ2n) is 4.89. The van der Waals surface area contributed by atoms with Gasteiger partial charge in [0.25, 0.3) is 0 Å². The minimum Gasteiger partial charge on any atom is -0.319 e. The van der Waals surface area contributed by atoms with Gasteiger partial charge in [-0.25, -0.2) is 4.39 Å². The lowest BCUT2D eigenvalue weighted by atomic mass is 9.97. The van der Waals surface area contributed by atoms with E-state index in [0.717, 1.165) is 31.7 Å². The van der Waals surface area contributed by atoms with Crippen LogP contribution in [0, 0.1) is 11.7 Å². The molecule has 2 nitrogen and oxygen atoms in total. The molecule has 1 heterocycles. The topological polar surface area (TPSA) is 15.3 Å². The summed E-state index contributed by atoms with van der Waals surface area (Å²) in [5, 5.41) is 3.23. The molecule has 0 saturated carbocycles. The third kappa shape index (κ3) is 4.23. The summed E-state index contributed by atoms with van der Waals surface area (Å²) in [6, 6.07) is 7.09. The standard InChI is InChI=1S/C14H21FN2.ClH/c1-16-9-12-5-4-8-17(10-12)11-13-6-2-3-7-14(13)15;/h2-3,6-7,12,16H,4-5,8-11H2,1H3;1H. The molecule has 102 valence electrons. The summed E-state index contributed by atoms with van der Waals surface area (Å²) in [5.74, 6) is 0.628. The van der Waals surface area contributed by atoms with Crippen molar-refractivity contribution in [3.05, 3.63) is 35.6 Å². The van der Waals surface area contributed by atoms with Gasteiger partial charge >= 0.3 is 0 Å². The molecule has 2 rings (SSSR count). The van der Waals surface area contributed by atoms with Crippen molar-refractivity contribution in [1.29, 1.82) is 0 Å². The van der Waals surface area contributed by atoms with Gasteiger partial charge in [-0.15, -0.1) is 12.4 Å². The van der Waals surface area contributed by atoms with Crippen molar-refractivity contribution in [3.63, 3.8) is 0 Å². The fraction of sp³-hybridized carbons (Fsp3) is 0.571. The molecule has 0 aromatic heterocycles. The predicted octanol–water partition coefficient (Wildman–Crippen LogP) is 2.68. The quantitative estimate of drug-likeness (QED) is 0.907. The molecule has 4 heteroatoms. The Hall–Kier alpha value is -0.640. The first-order valence-electron chi connectivity index (χ1n) is 6.40. The fourth-order valence-electron chi connectivity index (χ4n) is 2.62. The van der Waals surface area contributed by atoms with Gasteiger partial charge in [-0.2, -0.15) is 0 Å². The smallest absolute Gasteiger partial charge is 0.127 e. The molecule has 0 spiro atoms. The average Bonchev–Trinajstić information content (AvgIpc) is 2.33. The Morgan fingerprint density at radius 2 is 2.17 bits per heavy atom. The zero-order valence-corrected chi connectivity index (χ0v) is 11.7. The molecule has 18 heavy (non-hydrogen) atoms. The van der Waals surface area contributed by atoms with Gasteiger partial charge in [-0.1, -0.05) is 18.2 Å². The number of rotatable bonds is 4. The Morgan fingerprint density at radius 1 is 1.39 bits per heavy atom. The Bertz CT molecular complexity index is 357. The number of halogens is 2. The minimum atomic E-state index is -0.0803. The molecule has 1 aromatic carbocycles. The van der Waals surface area contributed by atoms with E-state index in [1.807, 2.05) is 19.2 Å². The number of benzene rings is 1. The number of piperidine rings is 1. The van der Waals surface area contributed by atoms with E-state index in [9.17, 15) is 4.39 Å². The summed E-state index contributed by atoms with van der Waals surface area (Å²) in [7, 11) is 2.00. The third-order valence-electron chi connectivity index (χ3n) is 3.45. The normalized spacial score (nSPS) is 20.4. The molecule has 1 saturated heterocycles. The first-order chi connectivity index (χ1) is 8.29. The zero-order valence-electron chi connectivity index (χ0n) is 10.9. The second kappa shape index (κ2) is 7.72. The molecule has 1 aromatic rings. The Kier molecular flexibility index (Phi) is 6.61. The lowest BCUT2D eigenvalue weighted by Gasteiger charge is -2.32. The molecule has 1 atom stereocenters. The molecule has 1 fully saturated rings. The van der Waals surface area contributed by atoms with Crippen LogP contribution in [0.2, 0.25) is 0 Å². The van der Waals surface area contributed by atoms with Gasteiger partial charge in [0.15, 0.2) is 0 Å². The van der Waals surface area contributed by atoms with Gasteiger partial charge in [0.1, 0.15) is 5.82 Å². The van der Waals surface area contributed by atoms with Crippen molar-refractivity contribution in [2.75, 3.05) is 26.7 Å². The highest BCUT2D eigenvalue weighted by atomic mass is 35.5. The van der Waals surface area contributed by atoms with E-state index >= 15 is 0 Å². The number of nitrogens with one attached hydrogen (secondary N) is 1. The molecule has 0 amide bonds. The molecular formula is C14H22ClFN2. The van der Waals surface area contributed by atoms with E-state index in [0.29, 0.717) is 5.92 Å². The van der Waals surface area contributed by atoms with Crippen molar-refractivity contribution in [3.8, 4) is 0 Å². The Balaban J connectivity index is 0.00000162. The summed E-state index contributed by atoms with van der Waals surface area (Å²) >= 11 is 0. The van der Waals surface area contributed by atoms with Gasteiger partial charge in [-0.05, 0) is 45.0 Å². The first kappa shape index (κ1) is 15.4. The highest BCUT2D eigenvalue weighted by molar-refractivity contribution is 5.85. The number of likely N-dealkylation sites (tertiary alicyclic amines) is 1. The van der Waals surface area contributed by atoms with Crippen LogP contribution in [0.5, 0.6) is 0 Å². The van der Waals surface area contributed by atoms with Crippen LogP contribution in [0.15, 0.2) is 24.3 Å². The summed E-state index contributed by atoms with van der Waals surface area (Å²) in [4.78, 5) is 2.37. The van der Waals surface area contributed by atoms with Crippen molar-refractivity contribution in [1.82, 2.24) is 10.2 Å². The van der Waals surface area contributed by atoms with Crippen molar-refractivity contribution >= 4 is 12.4 Å². The van der Waals surface area contributed by atoms with Crippen molar-refractivity contribution in [2.45, 2.75) is 19.4 Å². The van der Waals surface area contributed by atoms with Crippen LogP contribution in [-0.2, 0) is 6.54 Å². The number of hydrogen-bond donors (Lipinski definition) is 1. The van der Waals surface area contributed by atoms with E-state index in [2.05, 4.69) is 10.2 Å². The summed E-state index contributed by atoms with van der Waals surface area (Å²) in [6.07, 6.45) is 2.51. The van der Waals surface area contributed by atoms with Crippen LogP contribution in [0.4, 0.5) is 4.39 Å². The van der Waals surface area contributed by atoms with Gasteiger partial charge in [0.2, 0.25) is 0 Å². The molecule has 1 aliphatic heterocycles. The molecule has 0 aliphatic carbocycles. The highest BCUT2D eigenvalue weighted by Crippen LogP contribution is 2.19. The molecule has 0 radical (unpaired) electrons. The highest BCUT2D eigenvalue weighted by Gasteiger charge is 2.19. The predicted molar refractivity (Wildman–Crippen MR) is 75.6 cm³/mol. The maximum absolute atomic E-state index is 13.6. The summed E-state index contributed by atoms with van der Waals surface area (Å²) in [5.41, 5.74) is 0.817. The summed E-state index contributed by atoms with van der Waals surface area (Å²) in [6.45, 7) is 3.98. The zero-order chi connectivity index (χ0) is 12.1. The van der Waals surface area contributed by atoms with E-state index < -0.39 is 0 Å². The van der Waals surface area contributed by atoms with E-state index in [-0.39, 0.29) is 18.2 Å². The molecule has 1 unspecified atom stereocenters. The van der Waals surface area contributed by atoms with Crippen molar-refractivity contribution < 1.29 is 4.39 Å². The lowest BCUT2D eigenvalue weighted by Crippen LogP contribution is -2.38. The van der Waals surface area contributed by atoms with Crippen LogP contribution in [0.1, 0.15) is 18.4 Å². The Labute approximate surface area is 115 Å². The van der Waals surface area contributed by atoms with Crippen LogP contribution in [0.25, 0.3) is 0 Å². The van der Waals surface area contributed by atoms with Gasteiger partial charge in [-0.3, -0.25) is 4.90 Å². The fourth-order valence-corrected chi connectivity index (χ4v) is 2.62. The van der Waals surface area contributed by atoms with Crippen LogP contribution in [0.3, 0.4) is 0 Å². The van der Waals surface area contributed by atoms with E-state index in [4.69, 9.17) is 0 Å². The van der Waals surface area contributed by atoms with Crippen molar-refractivity contribution in [2.24, 2.45) is 5.92 Å². The molecular weight excluding hydrogens is 251 g/mol. The van der Waals surface area contributed by atoms with Gasteiger partial charge in [0, 0.05) is 18.7 Å². The van der Waals surface area contributed by atoms with Crippen LogP contribution < -0.4 is 5.32 Å². The van der Waals surface area contributed by atoms with Gasteiger partial charge < -0.3 is 5.32 Å². The molecule has 0 bridgehead atoms. The SMILES string of the molecule is CNCC1CCCN(Cc2ccccc2F)C1.Cl. The van der Waals surface area contributed by atoms with E-state index in [1.54, 1.807) is 12.1 Å². The Morgan fingerprint density at radius 3 is 2.89 bits per heavy atom. The summed E-state index contributed by atoms with van der Waals surface area (Å²) < 4.78 is 13.6. The monoisotopic (exact) mass is 272 g/mol. The number of nitrogens with zero attached hydrogens (tertiary/aromatic N) is 1. The first-order valence-corrected chi connectivity index (χ1v) is 6.40. The number of hydrogen-bond acceptors (Lipinski definition) is 2. The lowest BCUT2D eigenvalue weighted by molar-refractivity contribution is 0.165. The molecule has 1 N–H and O–H groups in total. The molecule has 1 aliphatic rings. The second-order valence-corrected chi connectivity index (χ2v) is 4.89. The third-order valence-corrected chi connectivity index (χ3v) is 3.45. The maximum atomic E-state index is 13.6. The average molecular weight is 273 g/mol. The van der Waals surface area contributed by atoms with E-state index in [1.165, 1.54) is 12.8 Å². The van der Waals surface area contributed by atoms with Crippen LogP contribution >= 0.6 is 12.4 Å². The maximum Gasteiger partial charge on any atom is 0.127 e. The largest absolute Gasteiger partial charge is 0.319 e. The van der Waals surface area contributed by atoms with Gasteiger partial charge in [0.05, 0.1) is 0 Å².